The van der Waals surface area contributed by atoms with E-state index in [1.54, 1.807) is 4.52 Å². The molecule has 3 N–H and O–H groups in total. The Labute approximate surface area is 121 Å². The maximum atomic E-state index is 5.72. The van der Waals surface area contributed by atoms with Gasteiger partial charge in [0.05, 0.1) is 12.1 Å². The van der Waals surface area contributed by atoms with Gasteiger partial charge in [0.15, 0.2) is 11.5 Å². The van der Waals surface area contributed by atoms with Gasteiger partial charge in [-0.05, 0) is 36.4 Å². The summed E-state index contributed by atoms with van der Waals surface area (Å²) in [6.07, 6.45) is 1.89. The highest BCUT2D eigenvalue weighted by Crippen LogP contribution is 2.19. The number of hydrogen-bond acceptors (Lipinski definition) is 5. The average molecular weight is 278 g/mol. The largest absolute Gasteiger partial charge is 0.399 e. The molecule has 0 aliphatic carbocycles. The topological polar surface area (TPSA) is 80.6 Å². The van der Waals surface area contributed by atoms with Crippen molar-refractivity contribution in [2.75, 3.05) is 18.8 Å². The zero-order valence-electron chi connectivity index (χ0n) is 11.3. The number of nitrogens with two attached hydrogens (primary N) is 1. The maximum Gasteiger partial charge on any atom is 0.182 e. The van der Waals surface area contributed by atoms with Crippen LogP contribution in [0.25, 0.3) is 17.0 Å². The number of fused-ring (bicyclic) bond motifs is 1. The van der Waals surface area contributed by atoms with Gasteiger partial charge in [0.25, 0.3) is 0 Å². The molecule has 1 aromatic carbocycles. The van der Waals surface area contributed by atoms with E-state index < -0.39 is 0 Å². The first-order chi connectivity index (χ1) is 10.3. The Bertz CT molecular complexity index is 831. The third-order valence-corrected chi connectivity index (χ3v) is 3.46. The summed E-state index contributed by atoms with van der Waals surface area (Å²) in [4.78, 5) is 9.10. The number of amidine groups is 1. The lowest BCUT2D eigenvalue weighted by Gasteiger charge is -2.02. The second-order valence-corrected chi connectivity index (χ2v) is 4.90. The molecule has 0 atom stereocenters. The van der Waals surface area contributed by atoms with Gasteiger partial charge in [-0.15, -0.1) is 5.10 Å². The number of anilines is 1. The lowest BCUT2D eigenvalue weighted by Crippen LogP contribution is -2.20. The van der Waals surface area contributed by atoms with Crippen LogP contribution in [-0.2, 0) is 0 Å². The van der Waals surface area contributed by atoms with Gasteiger partial charge < -0.3 is 11.1 Å². The molecule has 0 amide bonds. The number of nitrogens with one attached hydrogen (secondary N) is 1. The molecule has 0 saturated heterocycles. The van der Waals surface area contributed by atoms with Gasteiger partial charge in [-0.1, -0.05) is 0 Å². The fourth-order valence-electron chi connectivity index (χ4n) is 2.42. The van der Waals surface area contributed by atoms with Gasteiger partial charge in [0.1, 0.15) is 5.84 Å². The first-order valence-electron chi connectivity index (χ1n) is 6.81. The highest BCUT2D eigenvalue weighted by molar-refractivity contribution is 6.04. The molecule has 0 radical (unpaired) electrons. The molecule has 0 spiro atoms. The van der Waals surface area contributed by atoms with E-state index in [2.05, 4.69) is 20.4 Å². The maximum absolute atomic E-state index is 5.72. The Balaban J connectivity index is 1.86. The summed E-state index contributed by atoms with van der Waals surface area (Å²) in [6.45, 7) is 1.67. The number of nitrogens with zero attached hydrogens (tertiary/aromatic N) is 4. The molecule has 4 rings (SSSR count). The first-order valence-corrected chi connectivity index (χ1v) is 6.81. The minimum absolute atomic E-state index is 0.682. The number of hydrogen-bond donors (Lipinski definition) is 2. The SMILES string of the molecule is Nc1ccc(-c2nc3c(C4=NCCN4)cccn3n2)cc1. The van der Waals surface area contributed by atoms with Crippen LogP contribution < -0.4 is 11.1 Å². The van der Waals surface area contributed by atoms with Crippen molar-refractivity contribution in [3.8, 4) is 11.4 Å². The second-order valence-electron chi connectivity index (χ2n) is 4.90. The van der Waals surface area contributed by atoms with E-state index in [9.17, 15) is 0 Å². The zero-order chi connectivity index (χ0) is 14.2. The molecule has 3 heterocycles. The van der Waals surface area contributed by atoms with Crippen LogP contribution in [0.3, 0.4) is 0 Å². The predicted molar refractivity (Wildman–Crippen MR) is 82.2 cm³/mol. The van der Waals surface area contributed by atoms with Crippen molar-refractivity contribution in [1.82, 2.24) is 19.9 Å². The summed E-state index contributed by atoms with van der Waals surface area (Å²) in [5.41, 5.74) is 9.17. The molecule has 0 bridgehead atoms. The van der Waals surface area contributed by atoms with Gasteiger partial charge in [-0.3, -0.25) is 4.99 Å². The fraction of sp³-hybridized carbons (Fsp3) is 0.133. The zero-order valence-corrected chi connectivity index (χ0v) is 11.3. The second kappa shape index (κ2) is 4.59. The number of aromatic nitrogens is 3. The molecular weight excluding hydrogens is 264 g/mol. The van der Waals surface area contributed by atoms with Gasteiger partial charge >= 0.3 is 0 Å². The monoisotopic (exact) mass is 278 g/mol. The van der Waals surface area contributed by atoms with Crippen LogP contribution in [0.2, 0.25) is 0 Å². The molecule has 21 heavy (non-hydrogen) atoms. The van der Waals surface area contributed by atoms with Crippen LogP contribution >= 0.6 is 0 Å². The van der Waals surface area contributed by atoms with E-state index in [1.165, 1.54) is 0 Å². The molecule has 104 valence electrons. The molecule has 2 aromatic heterocycles. The molecule has 0 fully saturated rings. The average Bonchev–Trinajstić information content (AvgIpc) is 3.17. The van der Waals surface area contributed by atoms with Crippen LogP contribution in [0.5, 0.6) is 0 Å². The molecular formula is C15H14N6. The van der Waals surface area contributed by atoms with Crippen molar-refractivity contribution >= 4 is 17.2 Å². The third-order valence-electron chi connectivity index (χ3n) is 3.46. The van der Waals surface area contributed by atoms with E-state index in [-0.39, 0.29) is 0 Å². The van der Waals surface area contributed by atoms with Crippen molar-refractivity contribution in [3.05, 3.63) is 48.2 Å². The molecule has 6 nitrogen and oxygen atoms in total. The Morgan fingerprint density at radius 1 is 1.14 bits per heavy atom. The quantitative estimate of drug-likeness (QED) is 0.693. The van der Waals surface area contributed by atoms with Crippen molar-refractivity contribution in [1.29, 1.82) is 0 Å². The summed E-state index contributed by atoms with van der Waals surface area (Å²) in [7, 11) is 0. The molecule has 0 saturated carbocycles. The van der Waals surface area contributed by atoms with E-state index in [0.717, 1.165) is 41.4 Å². The van der Waals surface area contributed by atoms with E-state index in [4.69, 9.17) is 5.73 Å². The van der Waals surface area contributed by atoms with Crippen molar-refractivity contribution in [2.24, 2.45) is 4.99 Å². The highest BCUT2D eigenvalue weighted by Gasteiger charge is 2.15. The number of benzene rings is 1. The smallest absolute Gasteiger partial charge is 0.182 e. The number of pyridine rings is 1. The molecule has 0 unspecified atom stereocenters. The van der Waals surface area contributed by atoms with Gasteiger partial charge in [-0.2, -0.15) is 0 Å². The normalized spacial score (nSPS) is 14.2. The Kier molecular flexibility index (Phi) is 2.60. The van der Waals surface area contributed by atoms with Crippen LogP contribution in [0.15, 0.2) is 47.6 Å². The predicted octanol–water partition coefficient (Wildman–Crippen LogP) is 1.33. The summed E-state index contributed by atoms with van der Waals surface area (Å²) in [5, 5.41) is 7.80. The van der Waals surface area contributed by atoms with Gasteiger partial charge in [0, 0.05) is 24.0 Å². The minimum Gasteiger partial charge on any atom is -0.399 e. The Hall–Kier alpha value is -2.89. The number of rotatable bonds is 2. The molecule has 1 aliphatic heterocycles. The van der Waals surface area contributed by atoms with Crippen LogP contribution in [0.4, 0.5) is 5.69 Å². The summed E-state index contributed by atoms with van der Waals surface area (Å²) in [5.74, 6) is 1.57. The van der Waals surface area contributed by atoms with Crippen molar-refractivity contribution < 1.29 is 0 Å². The van der Waals surface area contributed by atoms with Crippen LogP contribution in [-0.4, -0.2) is 33.5 Å². The summed E-state index contributed by atoms with van der Waals surface area (Å²) >= 11 is 0. The van der Waals surface area contributed by atoms with Gasteiger partial charge in [0.2, 0.25) is 0 Å². The lowest BCUT2D eigenvalue weighted by atomic mass is 10.2. The van der Waals surface area contributed by atoms with Crippen molar-refractivity contribution in [2.45, 2.75) is 0 Å². The standard InChI is InChI=1S/C15H14N6/c16-11-5-3-10(4-6-11)13-19-15-12(14-17-7-8-18-14)2-1-9-21(15)20-13/h1-6,9H,7-8,16H2,(H,17,18). The van der Waals surface area contributed by atoms with Crippen LogP contribution in [0, 0.1) is 0 Å². The van der Waals surface area contributed by atoms with Crippen LogP contribution in [0.1, 0.15) is 5.56 Å². The first kappa shape index (κ1) is 11.9. The number of nitrogen functional groups attached to an aromatic ring is 1. The highest BCUT2D eigenvalue weighted by atomic mass is 15.3. The summed E-state index contributed by atoms with van der Waals surface area (Å²) < 4.78 is 1.78. The van der Waals surface area contributed by atoms with Gasteiger partial charge in [-0.25, -0.2) is 9.50 Å². The molecule has 3 aromatic rings. The molecule has 6 heteroatoms. The van der Waals surface area contributed by atoms with E-state index in [1.807, 2.05) is 42.6 Å². The molecule has 1 aliphatic rings. The third kappa shape index (κ3) is 2.01. The Morgan fingerprint density at radius 2 is 2.00 bits per heavy atom. The van der Waals surface area contributed by atoms with E-state index >= 15 is 0 Å². The fourth-order valence-corrected chi connectivity index (χ4v) is 2.42. The van der Waals surface area contributed by atoms with Crippen molar-refractivity contribution in [3.63, 3.8) is 0 Å². The van der Waals surface area contributed by atoms with E-state index in [0.29, 0.717) is 5.82 Å². The Morgan fingerprint density at radius 3 is 2.76 bits per heavy atom. The number of aliphatic imine (C=N–C) groups is 1. The minimum atomic E-state index is 0.682. The summed E-state index contributed by atoms with van der Waals surface area (Å²) in [6, 6.07) is 11.5. The lowest BCUT2D eigenvalue weighted by molar-refractivity contribution is 0.953.